The fraction of sp³-hybridized carbons (Fsp3) is 0.556. The van der Waals surface area contributed by atoms with Crippen molar-refractivity contribution >= 4 is 21.5 Å². The van der Waals surface area contributed by atoms with Crippen LogP contribution < -0.4 is 15.0 Å². The Kier molecular flexibility index (Phi) is 4.41. The number of hydrogen-bond donors (Lipinski definition) is 5. The number of nitrogens with two attached hydrogens (primary N) is 1. The van der Waals surface area contributed by atoms with E-state index in [0.29, 0.717) is 0 Å². The molecule has 1 fully saturated rings. The molecule has 134 valence electrons. The van der Waals surface area contributed by atoms with Crippen LogP contribution in [-0.2, 0) is 22.9 Å². The molecule has 0 saturated carbocycles. The van der Waals surface area contributed by atoms with E-state index < -0.39 is 46.8 Å². The second-order valence-electron chi connectivity index (χ2n) is 5.04. The van der Waals surface area contributed by atoms with Crippen molar-refractivity contribution in [1.82, 2.24) is 4.98 Å². The molecule has 13 nitrogen and oxygen atoms in total. The van der Waals surface area contributed by atoms with Gasteiger partial charge < -0.3 is 34.8 Å². The molecule has 2 aliphatic heterocycles. The van der Waals surface area contributed by atoms with Crippen molar-refractivity contribution in [3.8, 4) is 6.01 Å². The van der Waals surface area contributed by atoms with Crippen LogP contribution in [0.25, 0.3) is 0 Å². The SMILES string of the molecule is Nc1cc[n+]2c(n1)OC1C(OP(=O)(O)O)C(COP(=O)(O)O)OC12. The molecule has 6 N–H and O–H groups in total. The number of ether oxygens (including phenoxy) is 2. The van der Waals surface area contributed by atoms with E-state index in [1.54, 1.807) is 0 Å². The van der Waals surface area contributed by atoms with Crippen LogP contribution in [0.1, 0.15) is 6.23 Å². The minimum Gasteiger partial charge on any atom is -0.414 e. The number of phosphoric acid groups is 2. The summed E-state index contributed by atoms with van der Waals surface area (Å²) >= 11 is 0. The Labute approximate surface area is 134 Å². The first-order chi connectivity index (χ1) is 11.0. The maximum absolute atomic E-state index is 11.2. The summed E-state index contributed by atoms with van der Waals surface area (Å²) in [6.07, 6.45) is -2.96. The number of rotatable bonds is 5. The van der Waals surface area contributed by atoms with Crippen LogP contribution in [0.15, 0.2) is 12.3 Å². The minimum absolute atomic E-state index is 0.0543. The lowest BCUT2D eigenvalue weighted by Gasteiger charge is -2.21. The van der Waals surface area contributed by atoms with E-state index in [1.165, 1.54) is 16.8 Å². The molecular weight excluding hydrogens is 372 g/mol. The number of phosphoric ester groups is 2. The van der Waals surface area contributed by atoms with Gasteiger partial charge >= 0.3 is 21.7 Å². The molecule has 1 aromatic rings. The van der Waals surface area contributed by atoms with E-state index in [-0.39, 0.29) is 11.8 Å². The van der Waals surface area contributed by atoms with Gasteiger partial charge in [-0.1, -0.05) is 0 Å². The topological polar surface area (TPSA) is 195 Å². The van der Waals surface area contributed by atoms with Gasteiger partial charge in [0.15, 0.2) is 0 Å². The van der Waals surface area contributed by atoms with Crippen LogP contribution in [0, 0.1) is 0 Å². The van der Waals surface area contributed by atoms with Crippen LogP contribution in [0.3, 0.4) is 0 Å². The Morgan fingerprint density at radius 2 is 2.00 bits per heavy atom. The summed E-state index contributed by atoms with van der Waals surface area (Å²) in [7, 11) is -9.74. The van der Waals surface area contributed by atoms with Gasteiger partial charge in [0.25, 0.3) is 0 Å². The van der Waals surface area contributed by atoms with Gasteiger partial charge in [0, 0.05) is 11.1 Å². The lowest BCUT2D eigenvalue weighted by Crippen LogP contribution is -2.40. The van der Waals surface area contributed by atoms with E-state index in [4.69, 9.17) is 34.8 Å². The third-order valence-electron chi connectivity index (χ3n) is 3.32. The fourth-order valence-corrected chi connectivity index (χ4v) is 3.39. The van der Waals surface area contributed by atoms with Crippen molar-refractivity contribution in [3.05, 3.63) is 12.3 Å². The van der Waals surface area contributed by atoms with E-state index in [2.05, 4.69) is 14.0 Å². The Hall–Kier alpha value is -1.14. The van der Waals surface area contributed by atoms with Crippen molar-refractivity contribution in [3.63, 3.8) is 0 Å². The number of fused-ring (bicyclic) bond motifs is 3. The molecule has 4 atom stereocenters. The summed E-state index contributed by atoms with van der Waals surface area (Å²) in [5.41, 5.74) is 5.53. The average molecular weight is 386 g/mol. The summed E-state index contributed by atoms with van der Waals surface area (Å²) < 4.78 is 43.4. The van der Waals surface area contributed by atoms with Crippen molar-refractivity contribution in [2.45, 2.75) is 24.5 Å². The molecule has 4 unspecified atom stereocenters. The first-order valence-electron chi connectivity index (χ1n) is 6.47. The Balaban J connectivity index is 1.85. The van der Waals surface area contributed by atoms with Crippen molar-refractivity contribution < 1.29 is 51.8 Å². The second kappa shape index (κ2) is 5.99. The summed E-state index contributed by atoms with van der Waals surface area (Å²) in [6, 6.07) is 1.51. The van der Waals surface area contributed by atoms with E-state index in [9.17, 15) is 9.13 Å². The second-order valence-corrected chi connectivity index (χ2v) is 7.47. The molecule has 0 bridgehead atoms. The molecule has 1 aromatic heterocycles. The largest absolute Gasteiger partial charge is 0.503 e. The van der Waals surface area contributed by atoms with Crippen LogP contribution in [0.5, 0.6) is 6.01 Å². The Bertz CT molecular complexity index is 734. The van der Waals surface area contributed by atoms with Crippen LogP contribution in [0.2, 0.25) is 0 Å². The van der Waals surface area contributed by atoms with Gasteiger partial charge in [-0.25, -0.2) is 9.13 Å². The van der Waals surface area contributed by atoms with Crippen LogP contribution >= 0.6 is 15.6 Å². The van der Waals surface area contributed by atoms with Crippen molar-refractivity contribution in [2.75, 3.05) is 12.3 Å². The molecule has 2 aliphatic rings. The number of nitrogens with zero attached hydrogens (tertiary/aromatic N) is 2. The lowest BCUT2D eigenvalue weighted by molar-refractivity contribution is -0.746. The third kappa shape index (κ3) is 3.75. The number of nitrogen functional groups attached to an aromatic ring is 1. The molecular formula is C9H14N3O10P2+. The van der Waals surface area contributed by atoms with E-state index in [0.717, 1.165) is 0 Å². The zero-order valence-electron chi connectivity index (χ0n) is 11.8. The molecule has 0 aliphatic carbocycles. The average Bonchev–Trinajstić information content (AvgIpc) is 2.91. The van der Waals surface area contributed by atoms with Gasteiger partial charge in [-0.3, -0.25) is 9.05 Å². The quantitative estimate of drug-likeness (QED) is 0.282. The highest BCUT2D eigenvalue weighted by Crippen LogP contribution is 2.46. The smallest absolute Gasteiger partial charge is 0.414 e. The number of anilines is 1. The number of hydrogen-bond acceptors (Lipinski definition) is 8. The minimum atomic E-state index is -4.93. The molecule has 0 spiro atoms. The summed E-state index contributed by atoms with van der Waals surface area (Å²) in [4.78, 5) is 39.5. The first kappa shape index (κ1) is 17.7. The van der Waals surface area contributed by atoms with Gasteiger partial charge in [-0.15, -0.1) is 0 Å². The van der Waals surface area contributed by atoms with Crippen molar-refractivity contribution in [2.24, 2.45) is 0 Å². The highest BCUT2D eigenvalue weighted by atomic mass is 31.2. The predicted molar refractivity (Wildman–Crippen MR) is 72.1 cm³/mol. The van der Waals surface area contributed by atoms with Gasteiger partial charge in [0.2, 0.25) is 18.1 Å². The normalized spacial score (nSPS) is 29.2. The maximum Gasteiger partial charge on any atom is 0.503 e. The standard InChI is InChI=1S/C9H13N3O10P2/c10-5-1-2-12-8-7(21-9(12)11-5)6(22-24(16,17)18)4(20-8)3-19-23(13,14)15/h1-2,4,6-8,10H,3H2,(H4,13,14,15,16,17,18)/p+1. The molecule has 1 saturated heterocycles. The van der Waals surface area contributed by atoms with Gasteiger partial charge in [0.05, 0.1) is 6.61 Å². The predicted octanol–water partition coefficient (Wildman–Crippen LogP) is -1.80. The summed E-state index contributed by atoms with van der Waals surface area (Å²) in [5, 5.41) is 0. The van der Waals surface area contributed by atoms with Gasteiger partial charge in [-0.2, -0.15) is 4.57 Å². The summed E-state index contributed by atoms with van der Waals surface area (Å²) in [6.45, 7) is -0.663. The highest BCUT2D eigenvalue weighted by Gasteiger charge is 2.58. The molecule has 3 heterocycles. The molecule has 24 heavy (non-hydrogen) atoms. The fourth-order valence-electron chi connectivity index (χ4n) is 2.48. The Morgan fingerprint density at radius 3 is 2.62 bits per heavy atom. The van der Waals surface area contributed by atoms with E-state index >= 15 is 0 Å². The first-order valence-corrected chi connectivity index (χ1v) is 9.53. The van der Waals surface area contributed by atoms with E-state index in [1.807, 2.05) is 0 Å². The van der Waals surface area contributed by atoms with Crippen LogP contribution in [0.4, 0.5) is 5.82 Å². The molecule has 0 radical (unpaired) electrons. The highest BCUT2D eigenvalue weighted by molar-refractivity contribution is 7.46. The zero-order valence-corrected chi connectivity index (χ0v) is 13.6. The monoisotopic (exact) mass is 386 g/mol. The van der Waals surface area contributed by atoms with Gasteiger partial charge in [0.1, 0.15) is 18.4 Å². The Morgan fingerprint density at radius 1 is 1.29 bits per heavy atom. The van der Waals surface area contributed by atoms with Gasteiger partial charge in [-0.05, 0) is 0 Å². The molecule has 0 aromatic carbocycles. The van der Waals surface area contributed by atoms with Crippen LogP contribution in [-0.4, -0.2) is 49.5 Å². The third-order valence-corrected chi connectivity index (χ3v) is 4.32. The molecule has 15 heteroatoms. The maximum atomic E-state index is 11.2. The molecule has 3 rings (SSSR count). The lowest BCUT2D eigenvalue weighted by atomic mass is 10.1. The van der Waals surface area contributed by atoms with Crippen molar-refractivity contribution in [1.29, 1.82) is 0 Å². The summed E-state index contributed by atoms with van der Waals surface area (Å²) in [5.74, 6) is 0.162. The molecule has 0 amide bonds. The zero-order chi connectivity index (χ0) is 17.7. The number of aromatic nitrogens is 2.